The van der Waals surface area contributed by atoms with Crippen molar-refractivity contribution in [2.45, 2.75) is 58.1 Å². The Bertz CT molecular complexity index is 350. The minimum atomic E-state index is -0.681. The summed E-state index contributed by atoms with van der Waals surface area (Å²) in [6.45, 7) is 5.14. The zero-order valence-electron chi connectivity index (χ0n) is 10.2. The summed E-state index contributed by atoms with van der Waals surface area (Å²) in [5, 5.41) is 18.6. The van der Waals surface area contributed by atoms with Crippen LogP contribution in [0.3, 0.4) is 0 Å². The van der Waals surface area contributed by atoms with E-state index in [4.69, 9.17) is 0 Å². The van der Waals surface area contributed by atoms with Crippen LogP contribution in [0.25, 0.3) is 0 Å². The molecule has 1 heterocycles. The lowest BCUT2D eigenvalue weighted by molar-refractivity contribution is 0.0304. The summed E-state index contributed by atoms with van der Waals surface area (Å²) in [7, 11) is 0. The lowest BCUT2D eigenvalue weighted by Crippen LogP contribution is -2.26. The molecule has 2 rings (SSSR count). The Morgan fingerprint density at radius 2 is 2.38 bits per heavy atom. The zero-order valence-corrected chi connectivity index (χ0v) is 10.2. The molecule has 1 aliphatic carbocycles. The first-order chi connectivity index (χ1) is 7.69. The molecule has 1 fully saturated rings. The van der Waals surface area contributed by atoms with Crippen LogP contribution in [0, 0.1) is 5.92 Å². The average Bonchev–Trinajstić information content (AvgIpc) is 2.86. The number of nitrogens with zero attached hydrogens (tertiary/aromatic N) is 3. The highest BCUT2D eigenvalue weighted by molar-refractivity contribution is 5.11. The van der Waals surface area contributed by atoms with Gasteiger partial charge >= 0.3 is 0 Å². The molecule has 2 atom stereocenters. The number of aryl methyl sites for hydroxylation is 1. The monoisotopic (exact) mass is 223 g/mol. The summed E-state index contributed by atoms with van der Waals surface area (Å²) in [6.07, 6.45) is 6.72. The van der Waals surface area contributed by atoms with Crippen molar-refractivity contribution < 1.29 is 5.11 Å². The highest BCUT2D eigenvalue weighted by Gasteiger charge is 2.40. The van der Waals surface area contributed by atoms with Crippen LogP contribution in [-0.2, 0) is 12.1 Å². The third-order valence-corrected chi connectivity index (χ3v) is 3.70. The minimum absolute atomic E-state index is 0.648. The first kappa shape index (κ1) is 11.6. The standard InChI is InChI=1S/C12H21N3O/c1-3-7-15-11(9-13-14-15)12(16)6-5-10(4-2)8-12/h9-10,16H,3-8H2,1-2H3. The Hall–Kier alpha value is -0.900. The summed E-state index contributed by atoms with van der Waals surface area (Å²) < 4.78 is 1.86. The molecule has 0 aromatic carbocycles. The van der Waals surface area contributed by atoms with E-state index >= 15 is 0 Å². The van der Waals surface area contributed by atoms with E-state index in [-0.39, 0.29) is 0 Å². The van der Waals surface area contributed by atoms with Gasteiger partial charge in [-0.2, -0.15) is 0 Å². The predicted molar refractivity (Wildman–Crippen MR) is 61.8 cm³/mol. The Labute approximate surface area is 96.7 Å². The highest BCUT2D eigenvalue weighted by atomic mass is 16.3. The van der Waals surface area contributed by atoms with Gasteiger partial charge in [-0.1, -0.05) is 25.5 Å². The van der Waals surface area contributed by atoms with Crippen LogP contribution >= 0.6 is 0 Å². The van der Waals surface area contributed by atoms with Gasteiger partial charge in [0.05, 0.1) is 11.9 Å². The molecule has 1 aromatic heterocycles. The van der Waals surface area contributed by atoms with Crippen molar-refractivity contribution in [3.8, 4) is 0 Å². The molecule has 0 amide bonds. The normalized spacial score (nSPS) is 29.8. The number of hydrogen-bond donors (Lipinski definition) is 1. The Morgan fingerprint density at radius 3 is 3.00 bits per heavy atom. The van der Waals surface area contributed by atoms with E-state index in [0.717, 1.165) is 44.3 Å². The third-order valence-electron chi connectivity index (χ3n) is 3.70. The second-order valence-electron chi connectivity index (χ2n) is 4.89. The van der Waals surface area contributed by atoms with Crippen LogP contribution in [0.5, 0.6) is 0 Å². The molecule has 0 saturated heterocycles. The molecule has 0 radical (unpaired) electrons. The molecular weight excluding hydrogens is 202 g/mol. The molecule has 0 bridgehead atoms. The highest BCUT2D eigenvalue weighted by Crippen LogP contribution is 2.42. The van der Waals surface area contributed by atoms with Gasteiger partial charge in [0.1, 0.15) is 5.60 Å². The fraction of sp³-hybridized carbons (Fsp3) is 0.833. The lowest BCUT2D eigenvalue weighted by Gasteiger charge is -2.23. The molecule has 1 aliphatic rings. The maximum absolute atomic E-state index is 10.7. The fourth-order valence-electron chi connectivity index (χ4n) is 2.70. The Balaban J connectivity index is 2.19. The van der Waals surface area contributed by atoms with E-state index in [1.54, 1.807) is 6.20 Å². The topological polar surface area (TPSA) is 50.9 Å². The third kappa shape index (κ3) is 1.98. The molecule has 0 spiro atoms. The van der Waals surface area contributed by atoms with E-state index in [9.17, 15) is 5.11 Å². The van der Waals surface area contributed by atoms with Crippen molar-refractivity contribution >= 4 is 0 Å². The van der Waals surface area contributed by atoms with Crippen LogP contribution in [0.4, 0.5) is 0 Å². The average molecular weight is 223 g/mol. The molecule has 0 aliphatic heterocycles. The van der Waals surface area contributed by atoms with Crippen molar-refractivity contribution in [2.75, 3.05) is 0 Å². The molecule has 1 aromatic rings. The van der Waals surface area contributed by atoms with Crippen molar-refractivity contribution in [3.63, 3.8) is 0 Å². The summed E-state index contributed by atoms with van der Waals surface area (Å²) in [5.74, 6) is 0.648. The zero-order chi connectivity index (χ0) is 11.6. The second kappa shape index (κ2) is 4.53. The summed E-state index contributed by atoms with van der Waals surface area (Å²) in [4.78, 5) is 0. The van der Waals surface area contributed by atoms with Gasteiger partial charge in [0.15, 0.2) is 0 Å². The van der Waals surface area contributed by atoms with Gasteiger partial charge in [-0.3, -0.25) is 0 Å². The van der Waals surface area contributed by atoms with Gasteiger partial charge in [-0.05, 0) is 31.6 Å². The van der Waals surface area contributed by atoms with Crippen molar-refractivity contribution in [2.24, 2.45) is 5.92 Å². The summed E-state index contributed by atoms with van der Waals surface area (Å²) in [6, 6.07) is 0. The van der Waals surface area contributed by atoms with Gasteiger partial charge in [0, 0.05) is 6.54 Å². The molecule has 4 nitrogen and oxygen atoms in total. The molecule has 1 N–H and O–H groups in total. The van der Waals surface area contributed by atoms with E-state index in [0.29, 0.717) is 5.92 Å². The van der Waals surface area contributed by atoms with E-state index < -0.39 is 5.60 Å². The van der Waals surface area contributed by atoms with Gasteiger partial charge in [0.2, 0.25) is 0 Å². The molecule has 2 unspecified atom stereocenters. The fourth-order valence-corrected chi connectivity index (χ4v) is 2.70. The van der Waals surface area contributed by atoms with E-state index in [2.05, 4.69) is 24.2 Å². The maximum atomic E-state index is 10.7. The number of aliphatic hydroxyl groups is 1. The summed E-state index contributed by atoms with van der Waals surface area (Å²) in [5.41, 5.74) is 0.226. The maximum Gasteiger partial charge on any atom is 0.108 e. The molecular formula is C12H21N3O. The SMILES string of the molecule is CCCn1nncc1C1(O)CCC(CC)C1. The quantitative estimate of drug-likeness (QED) is 0.850. The first-order valence-corrected chi connectivity index (χ1v) is 6.31. The largest absolute Gasteiger partial charge is 0.383 e. The smallest absolute Gasteiger partial charge is 0.108 e. The number of aromatic nitrogens is 3. The van der Waals surface area contributed by atoms with Crippen LogP contribution in [0.15, 0.2) is 6.20 Å². The van der Waals surface area contributed by atoms with Crippen molar-refractivity contribution in [1.29, 1.82) is 0 Å². The van der Waals surface area contributed by atoms with Gasteiger partial charge < -0.3 is 5.11 Å². The molecule has 90 valence electrons. The van der Waals surface area contributed by atoms with Gasteiger partial charge in [-0.15, -0.1) is 5.10 Å². The van der Waals surface area contributed by atoms with E-state index in [1.165, 1.54) is 0 Å². The first-order valence-electron chi connectivity index (χ1n) is 6.31. The van der Waals surface area contributed by atoms with Gasteiger partial charge in [0.25, 0.3) is 0 Å². The van der Waals surface area contributed by atoms with Crippen molar-refractivity contribution in [1.82, 2.24) is 15.0 Å². The van der Waals surface area contributed by atoms with Gasteiger partial charge in [-0.25, -0.2) is 4.68 Å². The Morgan fingerprint density at radius 1 is 1.56 bits per heavy atom. The predicted octanol–water partition coefficient (Wildman–Crippen LogP) is 2.09. The lowest BCUT2D eigenvalue weighted by atomic mass is 9.95. The van der Waals surface area contributed by atoms with Crippen LogP contribution < -0.4 is 0 Å². The number of rotatable bonds is 4. The molecule has 4 heteroatoms. The summed E-state index contributed by atoms with van der Waals surface area (Å²) >= 11 is 0. The van der Waals surface area contributed by atoms with Crippen LogP contribution in [-0.4, -0.2) is 20.1 Å². The minimum Gasteiger partial charge on any atom is -0.383 e. The van der Waals surface area contributed by atoms with Crippen LogP contribution in [0.1, 0.15) is 51.6 Å². The molecule has 1 saturated carbocycles. The number of hydrogen-bond acceptors (Lipinski definition) is 3. The molecule has 16 heavy (non-hydrogen) atoms. The Kier molecular flexibility index (Phi) is 3.28. The van der Waals surface area contributed by atoms with Crippen LogP contribution in [0.2, 0.25) is 0 Å². The van der Waals surface area contributed by atoms with E-state index in [1.807, 2.05) is 4.68 Å². The second-order valence-corrected chi connectivity index (χ2v) is 4.89. The van der Waals surface area contributed by atoms with Crippen molar-refractivity contribution in [3.05, 3.63) is 11.9 Å².